The Morgan fingerprint density at radius 3 is 0.873 bits per heavy atom. The summed E-state index contributed by atoms with van der Waals surface area (Å²) in [4.78, 5) is 38.1. The average Bonchev–Trinajstić information content (AvgIpc) is 3.37. The van der Waals surface area contributed by atoms with Gasteiger partial charge in [-0.3, -0.25) is 14.4 Å². The molecule has 6 heteroatoms. The van der Waals surface area contributed by atoms with E-state index in [-0.39, 0.29) is 31.1 Å². The number of rotatable bonds is 51. The first-order chi connectivity index (χ1) is 35.0. The van der Waals surface area contributed by atoms with Gasteiger partial charge in [-0.25, -0.2) is 0 Å². The number of carbonyl (C=O) groups excluding carboxylic acids is 3. The van der Waals surface area contributed by atoms with Crippen LogP contribution in [0.25, 0.3) is 0 Å². The summed E-state index contributed by atoms with van der Waals surface area (Å²) in [6.07, 6.45) is 80.5. The van der Waals surface area contributed by atoms with Crippen LogP contribution in [0.5, 0.6) is 0 Å². The highest BCUT2D eigenvalue weighted by molar-refractivity contribution is 5.71. The van der Waals surface area contributed by atoms with Gasteiger partial charge in [0.15, 0.2) is 6.10 Å². The van der Waals surface area contributed by atoms with E-state index in [0.29, 0.717) is 19.3 Å². The largest absolute Gasteiger partial charge is 0.462 e. The van der Waals surface area contributed by atoms with E-state index >= 15 is 0 Å². The fraction of sp³-hybridized carbons (Fsp3) is 0.646. The van der Waals surface area contributed by atoms with E-state index < -0.39 is 6.10 Å². The van der Waals surface area contributed by atoms with E-state index in [1.54, 1.807) is 0 Å². The van der Waals surface area contributed by atoms with Gasteiger partial charge in [0, 0.05) is 19.3 Å². The first-order valence-electron chi connectivity index (χ1n) is 29.0. The van der Waals surface area contributed by atoms with Crippen LogP contribution in [0, 0.1) is 0 Å². The van der Waals surface area contributed by atoms with Crippen molar-refractivity contribution in [1.29, 1.82) is 0 Å². The van der Waals surface area contributed by atoms with Crippen LogP contribution in [0.15, 0.2) is 122 Å². The molecule has 0 aromatic carbocycles. The zero-order valence-electron chi connectivity index (χ0n) is 45.9. The minimum Gasteiger partial charge on any atom is -0.462 e. The van der Waals surface area contributed by atoms with Crippen LogP contribution in [0.4, 0.5) is 0 Å². The summed E-state index contributed by atoms with van der Waals surface area (Å²) in [6.45, 7) is 6.37. The Balaban J connectivity index is 4.41. The summed E-state index contributed by atoms with van der Waals surface area (Å²) in [5.74, 6) is -0.940. The highest BCUT2D eigenvalue weighted by atomic mass is 16.6. The van der Waals surface area contributed by atoms with Crippen molar-refractivity contribution in [3.8, 4) is 0 Å². The second kappa shape index (κ2) is 58.4. The molecule has 0 N–H and O–H groups in total. The summed E-state index contributed by atoms with van der Waals surface area (Å²) in [5, 5.41) is 0. The standard InChI is InChI=1S/C65H106O6/c1-4-7-10-13-16-19-22-24-26-28-29-30-31-32-33-34-35-37-38-40-43-46-49-52-55-58-64(67)70-61-62(60-69-63(66)57-54-51-48-45-42-21-18-15-12-9-6-3)71-65(68)59-56-53-50-47-44-41-39-36-27-25-23-20-17-14-11-8-5-2/h7-8,10-11,16-17,19-20,24-27,29-30,32-33,35,37,40,43,62H,4-6,9,12-15,18,21-23,28,31,34,36,38-39,41-42,44-61H2,1-3H3/b10-7-,11-8-,19-16-,20-17-,26-24-,27-25-,30-29-,33-32-,37-35-,43-40-. The maximum Gasteiger partial charge on any atom is 0.306 e. The molecule has 0 heterocycles. The number of esters is 3. The Hall–Kier alpha value is -4.19. The van der Waals surface area contributed by atoms with E-state index in [1.165, 1.54) is 77.0 Å². The predicted octanol–water partition coefficient (Wildman–Crippen LogP) is 19.6. The third-order valence-electron chi connectivity index (χ3n) is 12.0. The molecule has 0 aliphatic heterocycles. The summed E-state index contributed by atoms with van der Waals surface area (Å²) in [7, 11) is 0. The van der Waals surface area contributed by atoms with Gasteiger partial charge < -0.3 is 14.2 Å². The van der Waals surface area contributed by atoms with E-state index in [1.807, 2.05) is 0 Å². The molecule has 0 aliphatic carbocycles. The zero-order chi connectivity index (χ0) is 51.4. The Labute approximate surface area is 437 Å². The van der Waals surface area contributed by atoms with Gasteiger partial charge in [0.05, 0.1) is 0 Å². The molecule has 1 unspecified atom stereocenters. The number of allylic oxidation sites excluding steroid dienone is 20. The lowest BCUT2D eigenvalue weighted by Gasteiger charge is -2.18. The molecule has 0 radical (unpaired) electrons. The van der Waals surface area contributed by atoms with Crippen molar-refractivity contribution in [1.82, 2.24) is 0 Å². The number of carbonyl (C=O) groups is 3. The zero-order valence-corrected chi connectivity index (χ0v) is 45.9. The first-order valence-corrected chi connectivity index (χ1v) is 29.0. The van der Waals surface area contributed by atoms with Gasteiger partial charge in [0.2, 0.25) is 0 Å². The minimum atomic E-state index is -0.799. The Bertz CT molecular complexity index is 1500. The number of ether oxygens (including phenoxy) is 3. The van der Waals surface area contributed by atoms with Crippen LogP contribution in [-0.2, 0) is 28.6 Å². The maximum atomic E-state index is 12.8. The summed E-state index contributed by atoms with van der Waals surface area (Å²) >= 11 is 0. The number of hydrogen-bond donors (Lipinski definition) is 0. The van der Waals surface area contributed by atoms with Crippen molar-refractivity contribution >= 4 is 17.9 Å². The molecule has 402 valence electrons. The predicted molar refractivity (Wildman–Crippen MR) is 306 cm³/mol. The van der Waals surface area contributed by atoms with Crippen molar-refractivity contribution in [2.24, 2.45) is 0 Å². The van der Waals surface area contributed by atoms with Crippen molar-refractivity contribution in [2.45, 2.75) is 258 Å². The SMILES string of the molecule is CC/C=C\C/C=C\C/C=C\C/C=C\C/C=C\C/C=C\C/C=C\CCCCCC(=O)OCC(COC(=O)CCCCCCCCCCCCC)OC(=O)CCCCCCCCC/C=C\C/C=C\C/C=C\CC. The smallest absolute Gasteiger partial charge is 0.306 e. The van der Waals surface area contributed by atoms with Gasteiger partial charge >= 0.3 is 17.9 Å². The molecular weight excluding hydrogens is 877 g/mol. The minimum absolute atomic E-state index is 0.0939. The molecule has 0 bridgehead atoms. The average molecular weight is 984 g/mol. The number of hydrogen-bond acceptors (Lipinski definition) is 6. The van der Waals surface area contributed by atoms with Gasteiger partial charge in [-0.1, -0.05) is 245 Å². The first kappa shape index (κ1) is 66.8. The number of unbranched alkanes of at least 4 members (excludes halogenated alkanes) is 20. The third-order valence-corrected chi connectivity index (χ3v) is 12.0. The molecule has 1 atom stereocenters. The highest BCUT2D eigenvalue weighted by Gasteiger charge is 2.19. The van der Waals surface area contributed by atoms with Crippen molar-refractivity contribution in [3.63, 3.8) is 0 Å². The molecule has 6 nitrogen and oxygen atoms in total. The van der Waals surface area contributed by atoms with Gasteiger partial charge in [-0.15, -0.1) is 0 Å². The van der Waals surface area contributed by atoms with Crippen molar-refractivity contribution in [2.75, 3.05) is 13.2 Å². The maximum absolute atomic E-state index is 12.8. The fourth-order valence-electron chi connectivity index (χ4n) is 7.67. The molecule has 0 saturated heterocycles. The topological polar surface area (TPSA) is 78.9 Å². The van der Waals surface area contributed by atoms with Crippen molar-refractivity contribution < 1.29 is 28.6 Å². The van der Waals surface area contributed by atoms with Crippen LogP contribution < -0.4 is 0 Å². The van der Waals surface area contributed by atoms with E-state index in [2.05, 4.69) is 142 Å². The molecule has 71 heavy (non-hydrogen) atoms. The van der Waals surface area contributed by atoms with Crippen LogP contribution >= 0.6 is 0 Å². The van der Waals surface area contributed by atoms with E-state index in [0.717, 1.165) is 135 Å². The van der Waals surface area contributed by atoms with Gasteiger partial charge in [-0.2, -0.15) is 0 Å². The third kappa shape index (κ3) is 56.6. The molecule has 0 spiro atoms. The second-order valence-corrected chi connectivity index (χ2v) is 18.8. The molecule has 0 rings (SSSR count). The second-order valence-electron chi connectivity index (χ2n) is 18.8. The quantitative estimate of drug-likeness (QED) is 0.0261. The molecule has 0 fully saturated rings. The van der Waals surface area contributed by atoms with Crippen LogP contribution in [0.3, 0.4) is 0 Å². The monoisotopic (exact) mass is 983 g/mol. The molecule has 0 saturated carbocycles. The van der Waals surface area contributed by atoms with Gasteiger partial charge in [0.25, 0.3) is 0 Å². The van der Waals surface area contributed by atoms with Crippen LogP contribution in [-0.4, -0.2) is 37.2 Å². The fourth-order valence-corrected chi connectivity index (χ4v) is 7.67. The Kier molecular flexibility index (Phi) is 54.9. The lowest BCUT2D eigenvalue weighted by molar-refractivity contribution is -0.167. The highest BCUT2D eigenvalue weighted by Crippen LogP contribution is 2.14. The molecule has 0 amide bonds. The summed E-state index contributed by atoms with van der Waals surface area (Å²) in [6, 6.07) is 0. The summed E-state index contributed by atoms with van der Waals surface area (Å²) in [5.41, 5.74) is 0. The lowest BCUT2D eigenvalue weighted by atomic mass is 10.1. The van der Waals surface area contributed by atoms with E-state index in [4.69, 9.17) is 14.2 Å². The molecule has 0 aromatic rings. The van der Waals surface area contributed by atoms with Gasteiger partial charge in [0.1, 0.15) is 13.2 Å². The van der Waals surface area contributed by atoms with Crippen molar-refractivity contribution in [3.05, 3.63) is 122 Å². The lowest BCUT2D eigenvalue weighted by Crippen LogP contribution is -2.30. The van der Waals surface area contributed by atoms with Crippen LogP contribution in [0.2, 0.25) is 0 Å². The molecular formula is C65H106O6. The summed E-state index contributed by atoms with van der Waals surface area (Å²) < 4.78 is 16.8. The molecule has 0 aliphatic rings. The van der Waals surface area contributed by atoms with Crippen LogP contribution in [0.1, 0.15) is 252 Å². The Morgan fingerprint density at radius 1 is 0.296 bits per heavy atom. The molecule has 0 aromatic heterocycles. The van der Waals surface area contributed by atoms with Gasteiger partial charge in [-0.05, 0) is 109 Å². The normalized spacial score (nSPS) is 13.0. The Morgan fingerprint density at radius 2 is 0.549 bits per heavy atom. The van der Waals surface area contributed by atoms with E-state index in [9.17, 15) is 14.4 Å².